The lowest BCUT2D eigenvalue weighted by atomic mass is 9.98. The van der Waals surface area contributed by atoms with Gasteiger partial charge in [-0.1, -0.05) is 19.9 Å². The molecule has 6 heteroatoms. The monoisotopic (exact) mass is 359 g/mol. The van der Waals surface area contributed by atoms with Gasteiger partial charge in [0.2, 0.25) is 6.79 Å². The van der Waals surface area contributed by atoms with Crippen LogP contribution in [0.15, 0.2) is 30.0 Å². The van der Waals surface area contributed by atoms with E-state index >= 15 is 0 Å². The first-order valence-electron chi connectivity index (χ1n) is 8.85. The zero-order chi connectivity index (χ0) is 18.9. The third kappa shape index (κ3) is 4.18. The number of hydrogen-bond acceptors (Lipinski definition) is 5. The number of carbonyl (C=O) groups is 2. The maximum Gasteiger partial charge on any atom is 0.289 e. The van der Waals surface area contributed by atoms with Gasteiger partial charge in [-0.15, -0.1) is 0 Å². The summed E-state index contributed by atoms with van der Waals surface area (Å²) >= 11 is 0. The third-order valence-corrected chi connectivity index (χ3v) is 4.17. The minimum atomic E-state index is -0.668. The van der Waals surface area contributed by atoms with Crippen molar-refractivity contribution in [1.29, 1.82) is 0 Å². The molecule has 140 valence electrons. The summed E-state index contributed by atoms with van der Waals surface area (Å²) in [4.78, 5) is 26.7. The molecule has 0 fully saturated rings. The van der Waals surface area contributed by atoms with E-state index in [4.69, 9.17) is 14.2 Å². The van der Waals surface area contributed by atoms with E-state index in [1.807, 2.05) is 45.9 Å². The Balaban J connectivity index is 1.81. The number of benzene rings is 1. The molecule has 0 aliphatic carbocycles. The predicted octanol–water partition coefficient (Wildman–Crippen LogP) is 3.05. The number of ketones is 1. The largest absolute Gasteiger partial charge is 0.481 e. The van der Waals surface area contributed by atoms with Crippen molar-refractivity contribution in [2.75, 3.05) is 13.3 Å². The van der Waals surface area contributed by atoms with Crippen LogP contribution >= 0.6 is 0 Å². The maximum atomic E-state index is 13.0. The minimum Gasteiger partial charge on any atom is -0.481 e. The maximum absolute atomic E-state index is 13.0. The van der Waals surface area contributed by atoms with Crippen molar-refractivity contribution in [1.82, 2.24) is 4.90 Å². The highest BCUT2D eigenvalue weighted by molar-refractivity contribution is 6.01. The van der Waals surface area contributed by atoms with Crippen LogP contribution in [0.3, 0.4) is 0 Å². The second kappa shape index (κ2) is 7.02. The van der Waals surface area contributed by atoms with E-state index in [9.17, 15) is 9.59 Å². The van der Waals surface area contributed by atoms with Gasteiger partial charge < -0.3 is 19.1 Å². The molecule has 2 aliphatic rings. The summed E-state index contributed by atoms with van der Waals surface area (Å²) in [6, 6.07) is 5.65. The molecular formula is C20H25NO5. The minimum absolute atomic E-state index is 0.0859. The first-order valence-corrected chi connectivity index (χ1v) is 8.85. The predicted molar refractivity (Wildman–Crippen MR) is 95.7 cm³/mol. The zero-order valence-electron chi connectivity index (χ0n) is 15.7. The molecule has 0 atom stereocenters. The topological polar surface area (TPSA) is 65.1 Å². The Hall–Kier alpha value is -2.50. The van der Waals surface area contributed by atoms with Crippen molar-refractivity contribution in [2.24, 2.45) is 5.92 Å². The average molecular weight is 359 g/mol. The molecule has 1 amide bonds. The normalized spacial score (nSPS) is 17.7. The molecule has 6 nitrogen and oxygen atoms in total. The second-order valence-corrected chi connectivity index (χ2v) is 7.78. The summed E-state index contributed by atoms with van der Waals surface area (Å²) in [6.45, 7) is 8.90. The summed E-state index contributed by atoms with van der Waals surface area (Å²) in [7, 11) is 0. The first-order chi connectivity index (χ1) is 12.2. The molecule has 0 N–H and O–H groups in total. The SMILES string of the molecule is CC(C)CN(Cc1ccc2c(c1)OCO2)C(=O)C1=CC(=O)CC(C)(C)O1. The Bertz CT molecular complexity index is 751. The van der Waals surface area contributed by atoms with Gasteiger partial charge in [0.05, 0.1) is 0 Å². The number of carbonyl (C=O) groups excluding carboxylic acids is 2. The Morgan fingerprint density at radius 2 is 1.96 bits per heavy atom. The van der Waals surface area contributed by atoms with Crippen molar-refractivity contribution >= 4 is 11.7 Å². The van der Waals surface area contributed by atoms with Crippen molar-refractivity contribution in [3.63, 3.8) is 0 Å². The number of amides is 1. The van der Waals surface area contributed by atoms with Crippen LogP contribution in [0.1, 0.15) is 39.7 Å². The summed E-state index contributed by atoms with van der Waals surface area (Å²) in [5.41, 5.74) is 0.268. The van der Waals surface area contributed by atoms with Gasteiger partial charge >= 0.3 is 0 Å². The summed E-state index contributed by atoms with van der Waals surface area (Å²) in [5.74, 6) is 1.44. The van der Waals surface area contributed by atoms with Gasteiger partial charge in [0.1, 0.15) is 5.60 Å². The van der Waals surface area contributed by atoms with Crippen LogP contribution in [0.5, 0.6) is 11.5 Å². The molecule has 0 saturated heterocycles. The van der Waals surface area contributed by atoms with Crippen LogP contribution in [-0.4, -0.2) is 35.5 Å². The first kappa shape index (κ1) is 18.3. The van der Waals surface area contributed by atoms with Crippen molar-refractivity contribution < 1.29 is 23.8 Å². The van der Waals surface area contributed by atoms with Gasteiger partial charge in [0.15, 0.2) is 23.0 Å². The summed E-state index contributed by atoms with van der Waals surface area (Å²) < 4.78 is 16.5. The van der Waals surface area contributed by atoms with E-state index in [0.29, 0.717) is 24.6 Å². The molecule has 0 bridgehead atoms. The molecule has 3 rings (SSSR count). The van der Waals surface area contributed by atoms with Crippen LogP contribution in [0, 0.1) is 5.92 Å². The number of hydrogen-bond donors (Lipinski definition) is 0. The van der Waals surface area contributed by atoms with Crippen molar-refractivity contribution in [2.45, 2.75) is 46.3 Å². The van der Waals surface area contributed by atoms with Crippen LogP contribution in [0.25, 0.3) is 0 Å². The van der Waals surface area contributed by atoms with Gasteiger partial charge in [-0.2, -0.15) is 0 Å². The van der Waals surface area contributed by atoms with Crippen LogP contribution in [0.2, 0.25) is 0 Å². The number of ether oxygens (including phenoxy) is 3. The zero-order valence-corrected chi connectivity index (χ0v) is 15.7. The van der Waals surface area contributed by atoms with E-state index in [0.717, 1.165) is 5.56 Å². The molecule has 26 heavy (non-hydrogen) atoms. The summed E-state index contributed by atoms with van der Waals surface area (Å²) in [5, 5.41) is 0. The van der Waals surface area contributed by atoms with E-state index in [-0.39, 0.29) is 36.6 Å². The fourth-order valence-corrected chi connectivity index (χ4v) is 3.16. The standard InChI is InChI=1S/C20H25NO5/c1-13(2)10-21(11-14-5-6-16-17(7-14)25-12-24-16)19(23)18-8-15(22)9-20(3,4)26-18/h5-8,13H,9-12H2,1-4H3. The van der Waals surface area contributed by atoms with Crippen LogP contribution < -0.4 is 9.47 Å². The van der Waals surface area contributed by atoms with E-state index in [1.54, 1.807) is 4.90 Å². The number of allylic oxidation sites excluding steroid dienone is 1. The van der Waals surface area contributed by atoms with Crippen LogP contribution in [0.4, 0.5) is 0 Å². The third-order valence-electron chi connectivity index (χ3n) is 4.17. The summed E-state index contributed by atoms with van der Waals surface area (Å²) in [6.07, 6.45) is 1.59. The van der Waals surface area contributed by atoms with E-state index in [1.165, 1.54) is 6.08 Å². The molecule has 2 aliphatic heterocycles. The highest BCUT2D eigenvalue weighted by atomic mass is 16.7. The highest BCUT2D eigenvalue weighted by Gasteiger charge is 2.33. The van der Waals surface area contributed by atoms with Gasteiger partial charge in [0, 0.05) is 25.6 Å². The molecule has 1 aromatic rings. The quantitative estimate of drug-likeness (QED) is 0.808. The van der Waals surface area contributed by atoms with E-state index in [2.05, 4.69) is 0 Å². The fraction of sp³-hybridized carbons (Fsp3) is 0.500. The second-order valence-electron chi connectivity index (χ2n) is 7.78. The lowest BCUT2D eigenvalue weighted by Gasteiger charge is -2.33. The molecule has 1 aromatic carbocycles. The van der Waals surface area contributed by atoms with Gasteiger partial charge in [-0.05, 0) is 37.5 Å². The molecule has 0 spiro atoms. The fourth-order valence-electron chi connectivity index (χ4n) is 3.16. The van der Waals surface area contributed by atoms with Crippen LogP contribution in [-0.2, 0) is 20.9 Å². The molecule has 0 radical (unpaired) electrons. The van der Waals surface area contributed by atoms with Gasteiger partial charge in [-0.3, -0.25) is 9.59 Å². The Labute approximate surface area is 153 Å². The Kier molecular flexibility index (Phi) is 4.94. The van der Waals surface area contributed by atoms with E-state index < -0.39 is 5.60 Å². The van der Waals surface area contributed by atoms with Gasteiger partial charge in [-0.25, -0.2) is 0 Å². The average Bonchev–Trinajstić information content (AvgIpc) is 2.98. The molecular weight excluding hydrogens is 334 g/mol. The lowest BCUT2D eigenvalue weighted by molar-refractivity contribution is -0.139. The van der Waals surface area contributed by atoms with Crippen molar-refractivity contribution in [3.05, 3.63) is 35.6 Å². The lowest BCUT2D eigenvalue weighted by Crippen LogP contribution is -2.40. The Morgan fingerprint density at radius 1 is 1.23 bits per heavy atom. The molecule has 0 unspecified atom stereocenters. The number of rotatable bonds is 5. The molecule has 0 aromatic heterocycles. The Morgan fingerprint density at radius 3 is 2.65 bits per heavy atom. The van der Waals surface area contributed by atoms with Gasteiger partial charge in [0.25, 0.3) is 5.91 Å². The van der Waals surface area contributed by atoms with Crippen molar-refractivity contribution in [3.8, 4) is 11.5 Å². The molecule has 0 saturated carbocycles. The smallest absolute Gasteiger partial charge is 0.289 e. The number of nitrogens with zero attached hydrogens (tertiary/aromatic N) is 1. The number of fused-ring (bicyclic) bond motifs is 1. The highest BCUT2D eigenvalue weighted by Crippen LogP contribution is 2.33. The molecule has 2 heterocycles.